The van der Waals surface area contributed by atoms with Crippen molar-refractivity contribution in [3.63, 3.8) is 0 Å². The largest absolute Gasteiger partial charge is 0.495 e. The zero-order chi connectivity index (χ0) is 19.3. The number of halogens is 1. The van der Waals surface area contributed by atoms with Crippen molar-refractivity contribution < 1.29 is 19.1 Å². The summed E-state index contributed by atoms with van der Waals surface area (Å²) in [5.74, 6) is 0.706. The molecular weight excluding hydrogens is 400 g/mol. The topological polar surface area (TPSA) is 67.9 Å². The predicted molar refractivity (Wildman–Crippen MR) is 104 cm³/mol. The van der Waals surface area contributed by atoms with Gasteiger partial charge < -0.3 is 19.7 Å². The fourth-order valence-corrected chi connectivity index (χ4v) is 2.89. The summed E-state index contributed by atoms with van der Waals surface area (Å²) >= 11 is 3.38. The molecule has 26 heavy (non-hydrogen) atoms. The molecule has 2 amide bonds. The second kappa shape index (κ2) is 8.71. The molecule has 0 bridgehead atoms. The molecule has 138 valence electrons. The van der Waals surface area contributed by atoms with Crippen molar-refractivity contribution in [1.82, 2.24) is 4.90 Å². The van der Waals surface area contributed by atoms with E-state index in [2.05, 4.69) is 21.2 Å². The van der Waals surface area contributed by atoms with Crippen LogP contribution in [0.2, 0.25) is 0 Å². The fourth-order valence-electron chi connectivity index (χ4n) is 2.34. The van der Waals surface area contributed by atoms with E-state index in [4.69, 9.17) is 9.47 Å². The number of carbonyl (C=O) groups is 2. The van der Waals surface area contributed by atoms with Gasteiger partial charge in [-0.15, -0.1) is 0 Å². The van der Waals surface area contributed by atoms with Crippen LogP contribution in [0.3, 0.4) is 0 Å². The van der Waals surface area contributed by atoms with Gasteiger partial charge in [0.2, 0.25) is 5.91 Å². The Bertz CT molecular complexity index is 798. The summed E-state index contributed by atoms with van der Waals surface area (Å²) < 4.78 is 11.2. The van der Waals surface area contributed by atoms with Crippen LogP contribution in [0, 0.1) is 0 Å². The van der Waals surface area contributed by atoms with E-state index in [-0.39, 0.29) is 11.8 Å². The van der Waals surface area contributed by atoms with Gasteiger partial charge in [0.1, 0.15) is 16.0 Å². The zero-order valence-corrected chi connectivity index (χ0v) is 16.7. The number of carbonyl (C=O) groups excluding carboxylic acids is 2. The molecule has 1 N–H and O–H groups in total. The summed E-state index contributed by atoms with van der Waals surface area (Å²) in [6.45, 7) is 1.99. The summed E-state index contributed by atoms with van der Waals surface area (Å²) in [6, 6.07) is 10.6. The number of nitrogens with zero attached hydrogens (tertiary/aromatic N) is 1. The molecule has 0 atom stereocenters. The lowest BCUT2D eigenvalue weighted by Gasteiger charge is -2.16. The molecule has 0 fully saturated rings. The number of anilines is 1. The Hall–Kier alpha value is -2.54. The average molecular weight is 421 g/mol. The number of hydrogen-bond acceptors (Lipinski definition) is 4. The van der Waals surface area contributed by atoms with Gasteiger partial charge in [0.05, 0.1) is 14.2 Å². The molecule has 0 saturated heterocycles. The lowest BCUT2D eigenvalue weighted by atomic mass is 10.1. The first-order valence-corrected chi connectivity index (χ1v) is 8.68. The van der Waals surface area contributed by atoms with E-state index in [1.165, 1.54) is 21.1 Å². The smallest absolute Gasteiger partial charge is 0.255 e. The lowest BCUT2D eigenvalue weighted by molar-refractivity contribution is -0.128. The molecule has 2 aromatic rings. The van der Waals surface area contributed by atoms with Crippen LogP contribution >= 0.6 is 15.9 Å². The van der Waals surface area contributed by atoms with Crippen molar-refractivity contribution in [3.8, 4) is 11.5 Å². The van der Waals surface area contributed by atoms with Gasteiger partial charge in [-0.2, -0.15) is 0 Å². The van der Waals surface area contributed by atoms with E-state index in [1.807, 2.05) is 18.2 Å². The number of hydrogen-bond donors (Lipinski definition) is 1. The number of amides is 2. The van der Waals surface area contributed by atoms with Crippen LogP contribution in [-0.2, 0) is 11.3 Å². The Kier molecular flexibility index (Phi) is 6.63. The van der Waals surface area contributed by atoms with E-state index in [0.29, 0.717) is 33.8 Å². The van der Waals surface area contributed by atoms with Crippen LogP contribution in [-0.4, -0.2) is 38.0 Å². The number of nitrogens with one attached hydrogen (secondary N) is 1. The number of ether oxygens (including phenoxy) is 2. The first kappa shape index (κ1) is 19.8. The van der Waals surface area contributed by atoms with Gasteiger partial charge in [0, 0.05) is 31.8 Å². The average Bonchev–Trinajstić information content (AvgIpc) is 2.62. The van der Waals surface area contributed by atoms with Crippen LogP contribution in [0.25, 0.3) is 0 Å². The predicted octanol–water partition coefficient (Wildman–Crippen LogP) is 3.70. The standard InChI is InChI=1S/C19H21BrN2O4/c1-12(23)22(2)11-13-6-5-7-15(8-13)21-19(24)14-9-16(25-3)18(20)17(10-14)26-4/h5-10H,11H2,1-4H3,(H,21,24). The molecule has 0 unspecified atom stereocenters. The molecule has 0 aliphatic heterocycles. The third-order valence-electron chi connectivity index (χ3n) is 3.85. The Morgan fingerprint density at radius 3 is 2.27 bits per heavy atom. The second-order valence-corrected chi connectivity index (χ2v) is 6.52. The maximum atomic E-state index is 12.6. The van der Waals surface area contributed by atoms with E-state index in [0.717, 1.165) is 5.56 Å². The van der Waals surface area contributed by atoms with E-state index >= 15 is 0 Å². The molecule has 0 aromatic heterocycles. The van der Waals surface area contributed by atoms with Gasteiger partial charge in [-0.25, -0.2) is 0 Å². The van der Waals surface area contributed by atoms with Gasteiger partial charge in [-0.3, -0.25) is 9.59 Å². The highest BCUT2D eigenvalue weighted by Crippen LogP contribution is 2.35. The Morgan fingerprint density at radius 1 is 1.12 bits per heavy atom. The zero-order valence-electron chi connectivity index (χ0n) is 15.1. The van der Waals surface area contributed by atoms with Gasteiger partial charge in [-0.05, 0) is 45.8 Å². The van der Waals surface area contributed by atoms with Gasteiger partial charge in [-0.1, -0.05) is 12.1 Å². The summed E-state index contributed by atoms with van der Waals surface area (Å²) in [6.07, 6.45) is 0. The maximum Gasteiger partial charge on any atom is 0.255 e. The van der Waals surface area contributed by atoms with Gasteiger partial charge in [0.15, 0.2) is 0 Å². The highest BCUT2D eigenvalue weighted by molar-refractivity contribution is 9.10. The molecule has 0 aliphatic carbocycles. The monoisotopic (exact) mass is 420 g/mol. The summed E-state index contributed by atoms with van der Waals surface area (Å²) in [5, 5.41) is 2.85. The SMILES string of the molecule is COc1cc(C(=O)Nc2cccc(CN(C)C(C)=O)c2)cc(OC)c1Br. The quantitative estimate of drug-likeness (QED) is 0.773. The summed E-state index contributed by atoms with van der Waals surface area (Å²) in [7, 11) is 4.78. The van der Waals surface area contributed by atoms with E-state index in [9.17, 15) is 9.59 Å². The van der Waals surface area contributed by atoms with Crippen LogP contribution in [0.5, 0.6) is 11.5 Å². The Morgan fingerprint density at radius 2 is 1.73 bits per heavy atom. The minimum atomic E-state index is -0.286. The highest BCUT2D eigenvalue weighted by atomic mass is 79.9. The van der Waals surface area contributed by atoms with Crippen LogP contribution in [0.1, 0.15) is 22.8 Å². The molecule has 2 rings (SSSR count). The van der Waals surface area contributed by atoms with Crippen LogP contribution in [0.15, 0.2) is 40.9 Å². The van der Waals surface area contributed by atoms with Crippen molar-refractivity contribution in [3.05, 3.63) is 52.0 Å². The van der Waals surface area contributed by atoms with Crippen molar-refractivity contribution in [2.75, 3.05) is 26.6 Å². The molecular formula is C19H21BrN2O4. The minimum Gasteiger partial charge on any atom is -0.495 e. The van der Waals surface area contributed by atoms with Crippen LogP contribution < -0.4 is 14.8 Å². The summed E-state index contributed by atoms with van der Waals surface area (Å²) in [5.41, 5.74) is 1.98. The first-order chi connectivity index (χ1) is 12.3. The van der Waals surface area contributed by atoms with Gasteiger partial charge in [0.25, 0.3) is 5.91 Å². The van der Waals surface area contributed by atoms with Crippen molar-refractivity contribution in [1.29, 1.82) is 0 Å². The Labute approximate surface area is 161 Å². The first-order valence-electron chi connectivity index (χ1n) is 7.89. The molecule has 2 aromatic carbocycles. The summed E-state index contributed by atoms with van der Waals surface area (Å²) in [4.78, 5) is 25.6. The third kappa shape index (κ3) is 4.76. The van der Waals surface area contributed by atoms with Gasteiger partial charge >= 0.3 is 0 Å². The Balaban J connectivity index is 2.21. The van der Waals surface area contributed by atoms with Crippen molar-refractivity contribution >= 4 is 33.4 Å². The molecule has 0 radical (unpaired) electrons. The van der Waals surface area contributed by atoms with Crippen molar-refractivity contribution in [2.24, 2.45) is 0 Å². The number of benzene rings is 2. The fraction of sp³-hybridized carbons (Fsp3) is 0.263. The molecule has 6 nitrogen and oxygen atoms in total. The normalized spacial score (nSPS) is 10.2. The van der Waals surface area contributed by atoms with E-state index < -0.39 is 0 Å². The van der Waals surface area contributed by atoms with Crippen LogP contribution in [0.4, 0.5) is 5.69 Å². The molecule has 7 heteroatoms. The second-order valence-electron chi connectivity index (χ2n) is 5.72. The minimum absolute atomic E-state index is 0.0199. The molecule has 0 saturated carbocycles. The van der Waals surface area contributed by atoms with Crippen molar-refractivity contribution in [2.45, 2.75) is 13.5 Å². The third-order valence-corrected chi connectivity index (χ3v) is 4.63. The highest BCUT2D eigenvalue weighted by Gasteiger charge is 2.15. The molecule has 0 aliphatic rings. The molecule has 0 spiro atoms. The lowest BCUT2D eigenvalue weighted by Crippen LogP contribution is -2.23. The van der Waals surface area contributed by atoms with E-state index in [1.54, 1.807) is 30.1 Å². The molecule has 0 heterocycles. The number of methoxy groups -OCH3 is 2. The maximum absolute atomic E-state index is 12.6. The number of rotatable bonds is 6.